The Kier molecular flexibility index (Phi) is 3.06. The summed E-state index contributed by atoms with van der Waals surface area (Å²) in [6.07, 6.45) is -0.0173. The number of hydrogen-bond donors (Lipinski definition) is 1. The summed E-state index contributed by atoms with van der Waals surface area (Å²) in [4.78, 5) is 0. The van der Waals surface area contributed by atoms with E-state index in [0.717, 1.165) is 24.1 Å². The summed E-state index contributed by atoms with van der Waals surface area (Å²) in [5, 5.41) is 2.77. The van der Waals surface area contributed by atoms with Crippen molar-refractivity contribution in [1.29, 1.82) is 0 Å². The molecule has 1 heterocycles. The third-order valence-electron chi connectivity index (χ3n) is 2.05. The lowest BCUT2D eigenvalue weighted by Crippen LogP contribution is -2.26. The van der Waals surface area contributed by atoms with Crippen molar-refractivity contribution in [2.45, 2.75) is 12.7 Å². The highest BCUT2D eigenvalue weighted by Crippen LogP contribution is 2.22. The number of nitrogens with one attached hydrogen (secondary N) is 1. The van der Waals surface area contributed by atoms with Crippen LogP contribution in [0.1, 0.15) is 17.4 Å². The summed E-state index contributed by atoms with van der Waals surface area (Å²) >= 11 is 0. The number of hydrogen-bond acceptors (Lipinski definition) is 1. The van der Waals surface area contributed by atoms with E-state index in [2.05, 4.69) is 5.32 Å². The minimum Gasteiger partial charge on any atom is -0.284 e. The van der Waals surface area contributed by atoms with Gasteiger partial charge in [-0.05, 0) is 12.0 Å². The molecule has 1 N–H and O–H groups in total. The summed E-state index contributed by atoms with van der Waals surface area (Å²) in [5.41, 5.74) is 1.94. The van der Waals surface area contributed by atoms with Gasteiger partial charge in [-0.3, -0.25) is 5.32 Å². The van der Waals surface area contributed by atoms with Gasteiger partial charge in [0.15, 0.2) is 6.30 Å². The lowest BCUT2D eigenvalue weighted by molar-refractivity contribution is 0.269. The van der Waals surface area contributed by atoms with Crippen molar-refractivity contribution < 1.29 is 4.39 Å². The highest BCUT2D eigenvalue weighted by atomic mass is 35.5. The Labute approximate surface area is 77.4 Å². The van der Waals surface area contributed by atoms with Crippen molar-refractivity contribution in [2.75, 3.05) is 6.54 Å². The lowest BCUT2D eigenvalue weighted by atomic mass is 10.0. The number of halogens is 2. The molecule has 0 radical (unpaired) electrons. The Bertz CT molecular complexity index is 264. The topological polar surface area (TPSA) is 12.0 Å². The summed E-state index contributed by atoms with van der Waals surface area (Å²) in [6, 6.07) is 7.66. The average Bonchev–Trinajstić information content (AvgIpc) is 2.06. The first-order valence-corrected chi connectivity index (χ1v) is 3.83. The highest BCUT2D eigenvalue weighted by molar-refractivity contribution is 5.85. The monoisotopic (exact) mass is 187 g/mol. The van der Waals surface area contributed by atoms with Gasteiger partial charge < -0.3 is 0 Å². The van der Waals surface area contributed by atoms with Crippen LogP contribution in [0.5, 0.6) is 0 Å². The van der Waals surface area contributed by atoms with E-state index in [0.29, 0.717) is 0 Å². The van der Waals surface area contributed by atoms with Gasteiger partial charge in [0.25, 0.3) is 0 Å². The number of benzene rings is 1. The van der Waals surface area contributed by atoms with Gasteiger partial charge in [0, 0.05) is 12.1 Å². The van der Waals surface area contributed by atoms with Crippen molar-refractivity contribution in [3.8, 4) is 0 Å². The Morgan fingerprint density at radius 1 is 1.33 bits per heavy atom. The van der Waals surface area contributed by atoms with E-state index in [1.165, 1.54) is 0 Å². The van der Waals surface area contributed by atoms with Gasteiger partial charge >= 0.3 is 0 Å². The van der Waals surface area contributed by atoms with E-state index in [1.807, 2.05) is 24.3 Å². The van der Waals surface area contributed by atoms with Crippen LogP contribution < -0.4 is 5.32 Å². The normalized spacial score (nSPS) is 20.9. The zero-order chi connectivity index (χ0) is 7.68. The minimum atomic E-state index is -0.958. The van der Waals surface area contributed by atoms with Crippen LogP contribution in [0, 0.1) is 0 Å². The molecule has 1 aliphatic rings. The molecule has 1 unspecified atom stereocenters. The Balaban J connectivity index is 0.000000720. The largest absolute Gasteiger partial charge is 0.284 e. The van der Waals surface area contributed by atoms with Crippen LogP contribution in [0.15, 0.2) is 24.3 Å². The van der Waals surface area contributed by atoms with Crippen LogP contribution in [0.2, 0.25) is 0 Å². The Hall–Kier alpha value is -0.600. The SMILES string of the molecule is Cl.FC1NCCc2ccccc21. The third kappa shape index (κ3) is 1.59. The van der Waals surface area contributed by atoms with Crippen molar-refractivity contribution in [3.63, 3.8) is 0 Å². The second kappa shape index (κ2) is 3.87. The molecule has 0 spiro atoms. The van der Waals surface area contributed by atoms with Gasteiger partial charge in [-0.1, -0.05) is 24.3 Å². The first-order valence-electron chi connectivity index (χ1n) is 3.83. The number of fused-ring (bicyclic) bond motifs is 1. The number of alkyl halides is 1. The van der Waals surface area contributed by atoms with Crippen LogP contribution in [0.4, 0.5) is 4.39 Å². The molecule has 12 heavy (non-hydrogen) atoms. The molecule has 1 aromatic rings. The van der Waals surface area contributed by atoms with Gasteiger partial charge in [-0.2, -0.15) is 0 Å². The van der Waals surface area contributed by atoms with E-state index in [1.54, 1.807) is 0 Å². The maximum Gasteiger partial charge on any atom is 0.177 e. The smallest absolute Gasteiger partial charge is 0.177 e. The van der Waals surface area contributed by atoms with Crippen molar-refractivity contribution in [3.05, 3.63) is 35.4 Å². The molecule has 1 aromatic carbocycles. The summed E-state index contributed by atoms with van der Waals surface area (Å²) in [7, 11) is 0. The molecule has 1 aliphatic heterocycles. The summed E-state index contributed by atoms with van der Waals surface area (Å²) < 4.78 is 13.1. The molecule has 0 saturated carbocycles. The molecule has 3 heteroatoms. The van der Waals surface area contributed by atoms with Gasteiger partial charge in [-0.15, -0.1) is 12.4 Å². The van der Waals surface area contributed by atoms with Crippen LogP contribution in [0.25, 0.3) is 0 Å². The molecule has 0 aliphatic carbocycles. The van der Waals surface area contributed by atoms with Crippen molar-refractivity contribution in [2.24, 2.45) is 0 Å². The van der Waals surface area contributed by atoms with E-state index >= 15 is 0 Å². The first kappa shape index (κ1) is 9.49. The van der Waals surface area contributed by atoms with E-state index < -0.39 is 6.30 Å². The average molecular weight is 188 g/mol. The predicted octanol–water partition coefficient (Wildman–Crippen LogP) is 2.22. The molecule has 2 rings (SSSR count). The molecule has 1 nitrogen and oxygen atoms in total. The Morgan fingerprint density at radius 2 is 2.08 bits per heavy atom. The molecule has 1 atom stereocenters. The molecule has 0 aromatic heterocycles. The molecule has 66 valence electrons. The fraction of sp³-hybridized carbons (Fsp3) is 0.333. The first-order chi connectivity index (χ1) is 5.38. The van der Waals surface area contributed by atoms with Gasteiger partial charge in [0.2, 0.25) is 0 Å². The van der Waals surface area contributed by atoms with Crippen LogP contribution in [0.3, 0.4) is 0 Å². The predicted molar refractivity (Wildman–Crippen MR) is 49.2 cm³/mol. The van der Waals surface area contributed by atoms with Crippen molar-refractivity contribution >= 4 is 12.4 Å². The van der Waals surface area contributed by atoms with Crippen LogP contribution >= 0.6 is 12.4 Å². The zero-order valence-electron chi connectivity index (χ0n) is 6.59. The zero-order valence-corrected chi connectivity index (χ0v) is 7.40. The quantitative estimate of drug-likeness (QED) is 0.615. The molecule has 0 saturated heterocycles. The van der Waals surface area contributed by atoms with E-state index in [-0.39, 0.29) is 12.4 Å². The number of rotatable bonds is 0. The van der Waals surface area contributed by atoms with Gasteiger partial charge in [0.05, 0.1) is 0 Å². The standard InChI is InChI=1S/C9H10FN.ClH/c10-9-8-4-2-1-3-7(8)5-6-11-9;/h1-4,9,11H,5-6H2;1H. The van der Waals surface area contributed by atoms with E-state index in [4.69, 9.17) is 0 Å². The maximum atomic E-state index is 13.1. The molecule has 0 amide bonds. The molecule has 0 bridgehead atoms. The van der Waals surface area contributed by atoms with Gasteiger partial charge in [0.1, 0.15) is 0 Å². The minimum absolute atomic E-state index is 0. The van der Waals surface area contributed by atoms with Gasteiger partial charge in [-0.25, -0.2) is 4.39 Å². The maximum absolute atomic E-state index is 13.1. The molecular weight excluding hydrogens is 177 g/mol. The van der Waals surface area contributed by atoms with Crippen LogP contribution in [-0.2, 0) is 6.42 Å². The fourth-order valence-corrected chi connectivity index (χ4v) is 1.45. The van der Waals surface area contributed by atoms with E-state index in [9.17, 15) is 4.39 Å². The second-order valence-electron chi connectivity index (χ2n) is 2.77. The summed E-state index contributed by atoms with van der Waals surface area (Å²) in [6.45, 7) is 0.748. The lowest BCUT2D eigenvalue weighted by Gasteiger charge is -2.20. The second-order valence-corrected chi connectivity index (χ2v) is 2.77. The summed E-state index contributed by atoms with van der Waals surface area (Å²) in [5.74, 6) is 0. The fourth-order valence-electron chi connectivity index (χ4n) is 1.45. The Morgan fingerprint density at radius 3 is 2.83 bits per heavy atom. The highest BCUT2D eigenvalue weighted by Gasteiger charge is 2.16. The molecule has 0 fully saturated rings. The third-order valence-corrected chi connectivity index (χ3v) is 2.05. The molecular formula is C9H11ClFN. The van der Waals surface area contributed by atoms with Crippen molar-refractivity contribution in [1.82, 2.24) is 5.32 Å². The van der Waals surface area contributed by atoms with Crippen LogP contribution in [-0.4, -0.2) is 6.54 Å².